The predicted molar refractivity (Wildman–Crippen MR) is 90.0 cm³/mol. The van der Waals surface area contributed by atoms with E-state index in [9.17, 15) is 18.0 Å². The highest BCUT2D eigenvalue weighted by atomic mass is 32.2. The topological polar surface area (TPSA) is 108 Å². The number of ether oxygens (including phenoxy) is 3. The van der Waals surface area contributed by atoms with Crippen molar-refractivity contribution in [1.29, 1.82) is 0 Å². The maximum absolute atomic E-state index is 12.3. The maximum Gasteiger partial charge on any atom is 0.347 e. The van der Waals surface area contributed by atoms with Gasteiger partial charge in [0.25, 0.3) is 0 Å². The molecule has 0 radical (unpaired) electrons. The van der Waals surface area contributed by atoms with E-state index in [0.717, 1.165) is 12.8 Å². The normalized spacial score (nSPS) is 25.9. The number of benzene rings is 1. The Morgan fingerprint density at radius 2 is 2.04 bits per heavy atom. The third kappa shape index (κ3) is 4.40. The highest BCUT2D eigenvalue weighted by molar-refractivity contribution is 7.89. The Balaban J connectivity index is 1.60. The van der Waals surface area contributed by atoms with Crippen molar-refractivity contribution in [3.8, 4) is 0 Å². The summed E-state index contributed by atoms with van der Waals surface area (Å²) in [6.45, 7) is 2.58. The van der Waals surface area contributed by atoms with Crippen molar-refractivity contribution in [3.63, 3.8) is 0 Å². The summed E-state index contributed by atoms with van der Waals surface area (Å²) < 4.78 is 42.5. The summed E-state index contributed by atoms with van der Waals surface area (Å²) in [4.78, 5) is 23.7. The van der Waals surface area contributed by atoms with Gasteiger partial charge >= 0.3 is 11.9 Å². The van der Waals surface area contributed by atoms with Gasteiger partial charge in [0.1, 0.15) is 6.10 Å². The van der Waals surface area contributed by atoms with E-state index in [1.165, 1.54) is 24.3 Å². The lowest BCUT2D eigenvalue weighted by molar-refractivity contribution is -0.147. The van der Waals surface area contributed by atoms with Crippen LogP contribution in [0, 0.1) is 0 Å². The van der Waals surface area contributed by atoms with Crippen molar-refractivity contribution in [2.45, 2.75) is 49.4 Å². The molecule has 1 aromatic rings. The van der Waals surface area contributed by atoms with Crippen LogP contribution in [-0.2, 0) is 29.0 Å². The zero-order valence-corrected chi connectivity index (χ0v) is 15.2. The molecule has 1 N–H and O–H groups in total. The molecule has 2 heterocycles. The molecule has 142 valence electrons. The summed E-state index contributed by atoms with van der Waals surface area (Å²) in [7, 11) is -3.68. The van der Waals surface area contributed by atoms with Crippen molar-refractivity contribution >= 4 is 22.0 Å². The number of sulfonamides is 1. The fourth-order valence-electron chi connectivity index (χ4n) is 2.87. The number of nitrogens with one attached hydrogen (secondary N) is 1. The third-order valence-corrected chi connectivity index (χ3v) is 5.74. The Kier molecular flexibility index (Phi) is 5.59. The summed E-state index contributed by atoms with van der Waals surface area (Å²) in [5.74, 6) is -1.26. The average Bonchev–Trinajstić information content (AvgIpc) is 3.23. The molecular weight excluding hydrogens is 362 g/mol. The van der Waals surface area contributed by atoms with Crippen molar-refractivity contribution in [2.24, 2.45) is 0 Å². The van der Waals surface area contributed by atoms with E-state index < -0.39 is 28.1 Å². The van der Waals surface area contributed by atoms with Gasteiger partial charge in [-0.25, -0.2) is 22.7 Å². The first-order valence-electron chi connectivity index (χ1n) is 8.48. The monoisotopic (exact) mass is 383 g/mol. The Morgan fingerprint density at radius 3 is 2.62 bits per heavy atom. The maximum atomic E-state index is 12.3. The molecule has 3 unspecified atom stereocenters. The first kappa shape index (κ1) is 18.8. The van der Waals surface area contributed by atoms with Crippen LogP contribution in [0.2, 0.25) is 0 Å². The van der Waals surface area contributed by atoms with E-state index in [1.54, 1.807) is 6.92 Å². The van der Waals surface area contributed by atoms with E-state index in [2.05, 4.69) is 4.72 Å². The predicted octanol–water partition coefficient (Wildman–Crippen LogP) is 1.00. The second kappa shape index (κ2) is 7.73. The Labute approximate surface area is 151 Å². The molecule has 0 saturated carbocycles. The van der Waals surface area contributed by atoms with E-state index in [1.807, 2.05) is 0 Å². The fourth-order valence-corrected chi connectivity index (χ4v) is 3.94. The quantitative estimate of drug-likeness (QED) is 0.730. The van der Waals surface area contributed by atoms with E-state index in [0.29, 0.717) is 13.0 Å². The lowest BCUT2D eigenvalue weighted by Crippen LogP contribution is -2.31. The lowest BCUT2D eigenvalue weighted by Gasteiger charge is -2.12. The van der Waals surface area contributed by atoms with E-state index in [4.69, 9.17) is 14.2 Å². The standard InChI is InChI=1S/C17H21NO7S/c1-11-9-15(17(20)24-11)25-16(19)12-4-6-14(7-5-12)26(21,22)18-10-13-3-2-8-23-13/h4-7,11,13,15,18H,2-3,8-10H2,1H3. The molecule has 0 spiro atoms. The molecule has 8 nitrogen and oxygen atoms in total. The van der Waals surface area contributed by atoms with Crippen LogP contribution in [0.15, 0.2) is 29.2 Å². The van der Waals surface area contributed by atoms with Crippen LogP contribution < -0.4 is 4.72 Å². The second-order valence-corrected chi connectivity index (χ2v) is 8.16. The number of cyclic esters (lactones) is 1. The van der Waals surface area contributed by atoms with Crippen LogP contribution in [0.1, 0.15) is 36.5 Å². The summed E-state index contributed by atoms with van der Waals surface area (Å²) in [5.41, 5.74) is 0.162. The minimum atomic E-state index is -3.68. The molecule has 9 heteroatoms. The van der Waals surface area contributed by atoms with Gasteiger partial charge in [-0.2, -0.15) is 0 Å². The number of carbonyl (C=O) groups is 2. The van der Waals surface area contributed by atoms with Crippen molar-refractivity contribution in [3.05, 3.63) is 29.8 Å². The molecule has 0 aliphatic carbocycles. The molecule has 26 heavy (non-hydrogen) atoms. The molecular formula is C17H21NO7S. The molecule has 0 aromatic heterocycles. The molecule has 2 fully saturated rings. The van der Waals surface area contributed by atoms with Gasteiger partial charge < -0.3 is 14.2 Å². The zero-order valence-electron chi connectivity index (χ0n) is 14.3. The summed E-state index contributed by atoms with van der Waals surface area (Å²) in [6.07, 6.45) is 0.750. The summed E-state index contributed by atoms with van der Waals surface area (Å²) in [6, 6.07) is 5.35. The highest BCUT2D eigenvalue weighted by Crippen LogP contribution is 2.19. The summed E-state index contributed by atoms with van der Waals surface area (Å²) >= 11 is 0. The summed E-state index contributed by atoms with van der Waals surface area (Å²) in [5, 5.41) is 0. The molecule has 0 amide bonds. The van der Waals surface area contributed by atoms with Gasteiger partial charge in [-0.3, -0.25) is 0 Å². The zero-order chi connectivity index (χ0) is 18.7. The van der Waals surface area contributed by atoms with Crippen LogP contribution in [0.4, 0.5) is 0 Å². The highest BCUT2D eigenvalue weighted by Gasteiger charge is 2.35. The molecule has 1 aromatic carbocycles. The Bertz CT molecular complexity index is 769. The van der Waals surface area contributed by atoms with Crippen LogP contribution in [0.3, 0.4) is 0 Å². The SMILES string of the molecule is CC1CC(OC(=O)c2ccc(S(=O)(=O)NCC3CCCO3)cc2)C(=O)O1. The Hall–Kier alpha value is -1.97. The minimum Gasteiger partial charge on any atom is -0.460 e. The number of hydrogen-bond donors (Lipinski definition) is 1. The smallest absolute Gasteiger partial charge is 0.347 e. The van der Waals surface area contributed by atoms with Gasteiger partial charge in [0.2, 0.25) is 16.1 Å². The van der Waals surface area contributed by atoms with Crippen molar-refractivity contribution in [1.82, 2.24) is 4.72 Å². The van der Waals surface area contributed by atoms with Crippen molar-refractivity contribution < 1.29 is 32.2 Å². The second-order valence-electron chi connectivity index (χ2n) is 6.39. The number of rotatable bonds is 6. The largest absolute Gasteiger partial charge is 0.460 e. The number of carbonyl (C=O) groups excluding carboxylic acids is 2. The van der Waals surface area contributed by atoms with Crippen molar-refractivity contribution in [2.75, 3.05) is 13.2 Å². The van der Waals surface area contributed by atoms with Gasteiger partial charge in [0, 0.05) is 19.6 Å². The van der Waals surface area contributed by atoms with Crippen LogP contribution in [0.5, 0.6) is 0 Å². The van der Waals surface area contributed by atoms with Crippen LogP contribution >= 0.6 is 0 Å². The van der Waals surface area contributed by atoms with Crippen LogP contribution in [0.25, 0.3) is 0 Å². The van der Waals surface area contributed by atoms with Gasteiger partial charge in [-0.05, 0) is 44.0 Å². The van der Waals surface area contributed by atoms with E-state index in [-0.39, 0.29) is 29.2 Å². The lowest BCUT2D eigenvalue weighted by atomic mass is 10.2. The van der Waals surface area contributed by atoms with Gasteiger partial charge in [-0.15, -0.1) is 0 Å². The first-order chi connectivity index (χ1) is 12.3. The number of esters is 2. The fraction of sp³-hybridized carbons (Fsp3) is 0.529. The van der Waals surface area contributed by atoms with Gasteiger partial charge in [0.15, 0.2) is 0 Å². The molecule has 2 aliphatic heterocycles. The number of hydrogen-bond acceptors (Lipinski definition) is 7. The minimum absolute atomic E-state index is 0.0425. The van der Waals surface area contributed by atoms with Gasteiger partial charge in [0.05, 0.1) is 16.6 Å². The molecule has 2 saturated heterocycles. The first-order valence-corrected chi connectivity index (χ1v) is 9.96. The third-order valence-electron chi connectivity index (χ3n) is 4.30. The van der Waals surface area contributed by atoms with E-state index >= 15 is 0 Å². The molecule has 0 bridgehead atoms. The molecule has 3 rings (SSSR count). The molecule has 2 aliphatic rings. The van der Waals surface area contributed by atoms with Crippen LogP contribution in [-0.4, -0.2) is 51.8 Å². The average molecular weight is 383 g/mol. The molecule has 3 atom stereocenters. The Morgan fingerprint density at radius 1 is 1.31 bits per heavy atom. The van der Waals surface area contributed by atoms with Gasteiger partial charge in [-0.1, -0.05) is 0 Å².